The summed E-state index contributed by atoms with van der Waals surface area (Å²) < 4.78 is 0. The van der Waals surface area contributed by atoms with Crippen LogP contribution >= 0.6 is 12.2 Å². The predicted octanol–water partition coefficient (Wildman–Crippen LogP) is 2.03. The van der Waals surface area contributed by atoms with Crippen LogP contribution in [0.4, 0.5) is 0 Å². The summed E-state index contributed by atoms with van der Waals surface area (Å²) in [5.41, 5.74) is 7.02. The van der Waals surface area contributed by atoms with E-state index in [2.05, 4.69) is 26.9 Å². The van der Waals surface area contributed by atoms with Crippen molar-refractivity contribution in [1.29, 1.82) is 0 Å². The third-order valence-electron chi connectivity index (χ3n) is 3.28. The maximum Gasteiger partial charge on any atom is 0.126 e. The van der Waals surface area contributed by atoms with Crippen molar-refractivity contribution in [2.24, 2.45) is 10.1 Å². The number of piperidine rings is 1. The SMILES string of the molecule is S=C(N/N=C1/CCNC2=CCCN=C21)c1ccccc1. The normalized spacial score (nSPS) is 19.5. The van der Waals surface area contributed by atoms with Crippen molar-refractivity contribution in [3.8, 4) is 0 Å². The van der Waals surface area contributed by atoms with Crippen LogP contribution in [0.25, 0.3) is 0 Å². The largest absolute Gasteiger partial charge is 0.383 e. The molecular formula is C15H16N4S. The summed E-state index contributed by atoms with van der Waals surface area (Å²) in [6.45, 7) is 1.73. The average molecular weight is 284 g/mol. The van der Waals surface area contributed by atoms with Gasteiger partial charge in [0.25, 0.3) is 0 Å². The molecule has 2 aliphatic heterocycles. The van der Waals surface area contributed by atoms with E-state index in [1.54, 1.807) is 0 Å². The van der Waals surface area contributed by atoms with Gasteiger partial charge in [-0.3, -0.25) is 10.4 Å². The Labute approximate surface area is 123 Å². The van der Waals surface area contributed by atoms with Crippen molar-refractivity contribution < 1.29 is 0 Å². The van der Waals surface area contributed by atoms with Gasteiger partial charge in [0.1, 0.15) is 10.7 Å². The van der Waals surface area contributed by atoms with Gasteiger partial charge in [0.15, 0.2) is 0 Å². The van der Waals surface area contributed by atoms with Crippen molar-refractivity contribution in [3.05, 3.63) is 47.7 Å². The zero-order valence-electron chi connectivity index (χ0n) is 11.1. The Kier molecular flexibility index (Phi) is 3.87. The minimum atomic E-state index is 0.638. The Morgan fingerprint density at radius 2 is 2.15 bits per heavy atom. The number of hydrogen-bond donors (Lipinski definition) is 2. The van der Waals surface area contributed by atoms with Gasteiger partial charge in [-0.15, -0.1) is 0 Å². The van der Waals surface area contributed by atoms with E-state index in [9.17, 15) is 0 Å². The van der Waals surface area contributed by atoms with Crippen molar-refractivity contribution in [1.82, 2.24) is 10.7 Å². The van der Waals surface area contributed by atoms with E-state index in [-0.39, 0.29) is 0 Å². The third kappa shape index (κ3) is 2.77. The lowest BCUT2D eigenvalue weighted by atomic mass is 10.0. The number of hydrogen-bond acceptors (Lipinski definition) is 4. The maximum atomic E-state index is 5.35. The molecule has 0 saturated carbocycles. The number of aliphatic imine (C=N–C) groups is 1. The van der Waals surface area contributed by atoms with Gasteiger partial charge in [-0.05, 0) is 6.42 Å². The maximum absolute atomic E-state index is 5.35. The van der Waals surface area contributed by atoms with Crippen molar-refractivity contribution >= 4 is 28.6 Å². The summed E-state index contributed by atoms with van der Waals surface area (Å²) in [6.07, 6.45) is 4.04. The zero-order chi connectivity index (χ0) is 13.8. The number of fused-ring (bicyclic) bond motifs is 1. The molecule has 1 aromatic carbocycles. The fourth-order valence-electron chi connectivity index (χ4n) is 2.28. The highest BCUT2D eigenvalue weighted by Gasteiger charge is 2.21. The molecule has 1 saturated heterocycles. The van der Waals surface area contributed by atoms with Gasteiger partial charge in [-0.2, -0.15) is 5.10 Å². The van der Waals surface area contributed by atoms with Gasteiger partial charge in [-0.1, -0.05) is 48.6 Å². The number of nitrogens with one attached hydrogen (secondary N) is 2. The molecule has 102 valence electrons. The standard InChI is InChI=1S/C15H16N4S/c20-15(11-5-2-1-3-6-11)19-18-13-8-10-16-12-7-4-9-17-14(12)13/h1-3,5-7,16H,4,8-10H2,(H,19,20)/b18-13-. The number of nitrogens with zero attached hydrogens (tertiary/aromatic N) is 2. The predicted molar refractivity (Wildman–Crippen MR) is 86.3 cm³/mol. The molecule has 0 aliphatic carbocycles. The molecular weight excluding hydrogens is 268 g/mol. The van der Waals surface area contributed by atoms with E-state index < -0.39 is 0 Å². The second kappa shape index (κ2) is 5.96. The highest BCUT2D eigenvalue weighted by Crippen LogP contribution is 2.12. The van der Waals surface area contributed by atoms with Crippen LogP contribution in [0.15, 0.2) is 52.2 Å². The van der Waals surface area contributed by atoms with Crippen LogP contribution in [0.5, 0.6) is 0 Å². The van der Waals surface area contributed by atoms with E-state index in [4.69, 9.17) is 12.2 Å². The van der Waals surface area contributed by atoms with Crippen molar-refractivity contribution in [3.63, 3.8) is 0 Å². The quantitative estimate of drug-likeness (QED) is 0.645. The first-order valence-electron chi connectivity index (χ1n) is 6.76. The van der Waals surface area contributed by atoms with E-state index in [1.807, 2.05) is 30.3 Å². The molecule has 1 fully saturated rings. The highest BCUT2D eigenvalue weighted by molar-refractivity contribution is 7.80. The van der Waals surface area contributed by atoms with Gasteiger partial charge in [0.05, 0.1) is 11.4 Å². The molecule has 0 spiro atoms. The van der Waals surface area contributed by atoms with Crippen LogP contribution in [-0.4, -0.2) is 29.5 Å². The third-order valence-corrected chi connectivity index (χ3v) is 3.61. The summed E-state index contributed by atoms with van der Waals surface area (Å²) in [7, 11) is 0. The highest BCUT2D eigenvalue weighted by atomic mass is 32.1. The number of hydrazone groups is 1. The Hall–Kier alpha value is -2.01. The summed E-state index contributed by atoms with van der Waals surface area (Å²) in [5, 5.41) is 7.82. The number of dihydropyridines is 1. The summed E-state index contributed by atoms with van der Waals surface area (Å²) in [6, 6.07) is 9.85. The molecule has 5 heteroatoms. The van der Waals surface area contributed by atoms with Gasteiger partial charge in [0, 0.05) is 25.1 Å². The second-order valence-corrected chi connectivity index (χ2v) is 5.09. The van der Waals surface area contributed by atoms with Crippen LogP contribution in [0.1, 0.15) is 18.4 Å². The number of benzene rings is 1. The minimum absolute atomic E-state index is 0.638. The monoisotopic (exact) mass is 284 g/mol. The van der Waals surface area contributed by atoms with Crippen LogP contribution in [0, 0.1) is 0 Å². The zero-order valence-corrected chi connectivity index (χ0v) is 11.9. The molecule has 4 nitrogen and oxygen atoms in total. The molecule has 20 heavy (non-hydrogen) atoms. The van der Waals surface area contributed by atoms with Crippen LogP contribution in [0.2, 0.25) is 0 Å². The first-order valence-corrected chi connectivity index (χ1v) is 7.16. The van der Waals surface area contributed by atoms with E-state index >= 15 is 0 Å². The lowest BCUT2D eigenvalue weighted by Crippen LogP contribution is -2.38. The van der Waals surface area contributed by atoms with Gasteiger partial charge in [0.2, 0.25) is 0 Å². The summed E-state index contributed by atoms with van der Waals surface area (Å²) >= 11 is 5.35. The van der Waals surface area contributed by atoms with Crippen LogP contribution in [0.3, 0.4) is 0 Å². The first-order chi connectivity index (χ1) is 9.84. The Balaban J connectivity index is 1.74. The molecule has 0 aromatic heterocycles. The van der Waals surface area contributed by atoms with Gasteiger partial charge in [-0.25, -0.2) is 0 Å². The molecule has 3 rings (SSSR count). The van der Waals surface area contributed by atoms with Crippen LogP contribution < -0.4 is 10.7 Å². The lowest BCUT2D eigenvalue weighted by Gasteiger charge is -2.23. The second-order valence-electron chi connectivity index (χ2n) is 4.68. The molecule has 1 aromatic rings. The number of thiocarbonyl (C=S) groups is 1. The lowest BCUT2D eigenvalue weighted by molar-refractivity contribution is 0.803. The van der Waals surface area contributed by atoms with Crippen molar-refractivity contribution in [2.75, 3.05) is 13.1 Å². The van der Waals surface area contributed by atoms with Crippen molar-refractivity contribution in [2.45, 2.75) is 12.8 Å². The average Bonchev–Trinajstić information content (AvgIpc) is 2.53. The fraction of sp³-hybridized carbons (Fsp3) is 0.267. The molecule has 0 amide bonds. The van der Waals surface area contributed by atoms with E-state index in [0.717, 1.165) is 48.6 Å². The molecule has 2 N–H and O–H groups in total. The molecule has 2 heterocycles. The minimum Gasteiger partial charge on any atom is -0.383 e. The van der Waals surface area contributed by atoms with E-state index in [1.165, 1.54) is 0 Å². The number of rotatable bonds is 2. The van der Waals surface area contributed by atoms with Crippen LogP contribution in [-0.2, 0) is 0 Å². The van der Waals surface area contributed by atoms with Gasteiger partial charge >= 0.3 is 0 Å². The molecule has 0 bridgehead atoms. The summed E-state index contributed by atoms with van der Waals surface area (Å²) in [5.74, 6) is 0. The smallest absolute Gasteiger partial charge is 0.126 e. The van der Waals surface area contributed by atoms with Gasteiger partial charge < -0.3 is 5.32 Å². The molecule has 0 atom stereocenters. The molecule has 2 aliphatic rings. The fourth-order valence-corrected chi connectivity index (χ4v) is 2.47. The van der Waals surface area contributed by atoms with E-state index in [0.29, 0.717) is 4.99 Å². The molecule has 0 unspecified atom stereocenters. The number of allylic oxidation sites excluding steroid dienone is 1. The topological polar surface area (TPSA) is 48.8 Å². The Bertz CT molecular complexity index is 602. The molecule has 0 radical (unpaired) electrons. The summed E-state index contributed by atoms with van der Waals surface area (Å²) in [4.78, 5) is 5.19. The Morgan fingerprint density at radius 1 is 1.30 bits per heavy atom. The Morgan fingerprint density at radius 3 is 3.00 bits per heavy atom. The first kappa shape index (κ1) is 13.0.